The number of hydrogen-bond acceptors (Lipinski definition) is 7. The van der Waals surface area contributed by atoms with Crippen molar-refractivity contribution in [1.29, 1.82) is 0 Å². The fourth-order valence-electron chi connectivity index (χ4n) is 2.76. The summed E-state index contributed by atoms with van der Waals surface area (Å²) < 4.78 is 45.8. The molecule has 0 radical (unpaired) electrons. The third-order valence-electron chi connectivity index (χ3n) is 4.30. The van der Waals surface area contributed by atoms with Crippen LogP contribution in [0.15, 0.2) is 21.6 Å². The summed E-state index contributed by atoms with van der Waals surface area (Å²) in [7, 11) is 1.62. The van der Waals surface area contributed by atoms with Crippen molar-refractivity contribution in [3.05, 3.63) is 29.4 Å². The lowest BCUT2D eigenvalue weighted by molar-refractivity contribution is -0.0505. The minimum absolute atomic E-state index is 0. The molecule has 1 aromatic carbocycles. The number of hydrogen-bond donors (Lipinski definition) is 2. The molecule has 2 heterocycles. The van der Waals surface area contributed by atoms with Gasteiger partial charge < -0.3 is 29.4 Å². The fraction of sp³-hybridized carbons (Fsp3) is 0.526. The largest absolute Gasteiger partial charge is 0.454 e. The van der Waals surface area contributed by atoms with Gasteiger partial charge in [-0.1, -0.05) is 19.0 Å². The zero-order valence-electron chi connectivity index (χ0n) is 17.5. The predicted molar refractivity (Wildman–Crippen MR) is 120 cm³/mol. The molecule has 0 unspecified atom stereocenters. The van der Waals surface area contributed by atoms with Crippen LogP contribution in [0.3, 0.4) is 0 Å². The molecule has 1 aromatic heterocycles. The summed E-state index contributed by atoms with van der Waals surface area (Å²) in [6.45, 7) is 1.93. The molecule has 12 heteroatoms. The maximum Gasteiger partial charge on any atom is 0.387 e. The van der Waals surface area contributed by atoms with E-state index in [4.69, 9.17) is 14.0 Å². The predicted octanol–water partition coefficient (Wildman–Crippen LogP) is 3.44. The van der Waals surface area contributed by atoms with Crippen LogP contribution in [-0.2, 0) is 13.0 Å². The molecule has 2 aromatic rings. The van der Waals surface area contributed by atoms with Gasteiger partial charge >= 0.3 is 6.61 Å². The van der Waals surface area contributed by atoms with Crippen LogP contribution in [0, 0.1) is 0 Å². The van der Waals surface area contributed by atoms with E-state index in [2.05, 4.69) is 30.5 Å². The van der Waals surface area contributed by atoms with Crippen molar-refractivity contribution in [2.24, 2.45) is 4.99 Å². The second kappa shape index (κ2) is 11.9. The fourth-order valence-corrected chi connectivity index (χ4v) is 2.76. The Morgan fingerprint density at radius 2 is 1.97 bits per heavy atom. The van der Waals surface area contributed by atoms with Crippen LogP contribution in [-0.4, -0.2) is 43.1 Å². The average Bonchev–Trinajstić information content (AvgIpc) is 3.36. The van der Waals surface area contributed by atoms with Gasteiger partial charge in [0.05, 0.1) is 0 Å². The van der Waals surface area contributed by atoms with Crippen molar-refractivity contribution in [2.45, 2.75) is 45.8 Å². The number of guanidine groups is 1. The molecular formula is C19H26F2IN5O4. The summed E-state index contributed by atoms with van der Waals surface area (Å²) in [5, 5.41) is 10.2. The van der Waals surface area contributed by atoms with Crippen molar-refractivity contribution in [2.75, 3.05) is 20.4 Å². The average molecular weight is 553 g/mol. The minimum Gasteiger partial charge on any atom is -0.454 e. The number of aryl methyl sites for hydroxylation is 1. The Labute approximate surface area is 195 Å². The molecule has 2 N–H and O–H groups in total. The van der Waals surface area contributed by atoms with E-state index in [9.17, 15) is 8.78 Å². The Balaban J connectivity index is 0.00000341. The van der Waals surface area contributed by atoms with Gasteiger partial charge in [-0.15, -0.1) is 24.0 Å². The lowest BCUT2D eigenvalue weighted by Gasteiger charge is -2.15. The molecule has 0 fully saturated rings. The molecule has 172 valence electrons. The lowest BCUT2D eigenvalue weighted by atomic mass is 10.1. The van der Waals surface area contributed by atoms with E-state index in [1.807, 2.05) is 13.8 Å². The molecule has 0 aliphatic carbocycles. The molecule has 0 spiro atoms. The first-order valence-electron chi connectivity index (χ1n) is 9.60. The van der Waals surface area contributed by atoms with Gasteiger partial charge in [-0.25, -0.2) is 0 Å². The van der Waals surface area contributed by atoms with Crippen molar-refractivity contribution >= 4 is 29.9 Å². The van der Waals surface area contributed by atoms with Crippen LogP contribution >= 0.6 is 24.0 Å². The highest BCUT2D eigenvalue weighted by molar-refractivity contribution is 14.0. The molecule has 1 aliphatic rings. The number of aliphatic imine (C=N–C) groups is 1. The molecule has 0 saturated carbocycles. The quantitative estimate of drug-likeness (QED) is 0.211. The first-order valence-corrected chi connectivity index (χ1v) is 9.60. The molecule has 0 atom stereocenters. The molecule has 3 rings (SSSR count). The zero-order valence-corrected chi connectivity index (χ0v) is 19.8. The van der Waals surface area contributed by atoms with Crippen LogP contribution in [0.25, 0.3) is 0 Å². The number of fused-ring (bicyclic) bond motifs is 1. The van der Waals surface area contributed by atoms with E-state index in [1.54, 1.807) is 13.1 Å². The Hall–Kier alpha value is -2.38. The zero-order chi connectivity index (χ0) is 21.5. The Morgan fingerprint density at radius 1 is 1.23 bits per heavy atom. The monoisotopic (exact) mass is 553 g/mol. The number of nitrogens with zero attached hydrogens (tertiary/aromatic N) is 3. The van der Waals surface area contributed by atoms with E-state index in [1.165, 1.54) is 6.07 Å². The number of rotatable bonds is 9. The molecule has 31 heavy (non-hydrogen) atoms. The number of nitrogens with one attached hydrogen (secondary N) is 2. The van der Waals surface area contributed by atoms with Crippen LogP contribution in [0.2, 0.25) is 0 Å². The second-order valence-corrected chi connectivity index (χ2v) is 6.85. The Kier molecular flexibility index (Phi) is 9.52. The van der Waals surface area contributed by atoms with E-state index < -0.39 is 6.61 Å². The summed E-state index contributed by atoms with van der Waals surface area (Å²) in [5.41, 5.74) is 0.495. The van der Waals surface area contributed by atoms with E-state index in [-0.39, 0.29) is 49.0 Å². The highest BCUT2D eigenvalue weighted by atomic mass is 127. The molecule has 0 amide bonds. The smallest absolute Gasteiger partial charge is 0.387 e. The van der Waals surface area contributed by atoms with Gasteiger partial charge in [0.1, 0.15) is 5.75 Å². The van der Waals surface area contributed by atoms with Crippen LogP contribution in [0.5, 0.6) is 17.2 Å². The molecule has 0 saturated heterocycles. The number of halogens is 3. The summed E-state index contributed by atoms with van der Waals surface area (Å²) in [4.78, 5) is 8.47. The van der Waals surface area contributed by atoms with Gasteiger partial charge in [-0.3, -0.25) is 4.99 Å². The normalized spacial score (nSPS) is 12.8. The van der Waals surface area contributed by atoms with Gasteiger partial charge in [-0.05, 0) is 12.5 Å². The van der Waals surface area contributed by atoms with Crippen LogP contribution in [0.1, 0.15) is 43.5 Å². The van der Waals surface area contributed by atoms with Gasteiger partial charge in [0, 0.05) is 44.1 Å². The SMILES string of the molecule is CN=C(NCCCc1nc(C(C)C)no1)NCc1cc2c(cc1OC(F)F)OCO2.I. The van der Waals surface area contributed by atoms with E-state index in [0.29, 0.717) is 47.7 Å². The Morgan fingerprint density at radius 3 is 2.61 bits per heavy atom. The van der Waals surface area contributed by atoms with Gasteiger partial charge in [0.25, 0.3) is 0 Å². The standard InChI is InChI=1S/C19H25F2N5O4.HI/c1-11(2)17-25-16(30-26-17)5-4-6-23-19(22-3)24-9-12-7-14-15(28-10-27-14)8-13(12)29-18(20)21;/h7-8,11,18H,4-6,9-10H2,1-3H3,(H2,22,23,24);1H. The van der Waals surface area contributed by atoms with Crippen molar-refractivity contribution in [3.63, 3.8) is 0 Å². The number of aromatic nitrogens is 2. The van der Waals surface area contributed by atoms with E-state index in [0.717, 1.165) is 6.42 Å². The molecule has 9 nitrogen and oxygen atoms in total. The highest BCUT2D eigenvalue weighted by Gasteiger charge is 2.20. The van der Waals surface area contributed by atoms with Gasteiger partial charge in [-0.2, -0.15) is 13.8 Å². The topological polar surface area (TPSA) is 103 Å². The first kappa shape index (κ1) is 24.9. The molecular weight excluding hydrogens is 527 g/mol. The van der Waals surface area contributed by atoms with Crippen molar-refractivity contribution in [3.8, 4) is 17.2 Å². The van der Waals surface area contributed by atoms with Gasteiger partial charge in [0.15, 0.2) is 23.3 Å². The molecule has 1 aliphatic heterocycles. The second-order valence-electron chi connectivity index (χ2n) is 6.85. The third kappa shape index (κ3) is 7.08. The number of alkyl halides is 2. The maximum atomic E-state index is 12.7. The first-order chi connectivity index (χ1) is 14.5. The maximum absolute atomic E-state index is 12.7. The van der Waals surface area contributed by atoms with Crippen molar-refractivity contribution < 1.29 is 27.5 Å². The summed E-state index contributed by atoms with van der Waals surface area (Å²) in [6.07, 6.45) is 1.39. The van der Waals surface area contributed by atoms with Crippen LogP contribution in [0.4, 0.5) is 8.78 Å². The summed E-state index contributed by atoms with van der Waals surface area (Å²) >= 11 is 0. The lowest BCUT2D eigenvalue weighted by Crippen LogP contribution is -2.37. The van der Waals surface area contributed by atoms with Crippen LogP contribution < -0.4 is 24.8 Å². The number of benzene rings is 1. The summed E-state index contributed by atoms with van der Waals surface area (Å²) in [6, 6.07) is 3.01. The molecule has 0 bridgehead atoms. The highest BCUT2D eigenvalue weighted by Crippen LogP contribution is 2.38. The van der Waals surface area contributed by atoms with Crippen molar-refractivity contribution in [1.82, 2.24) is 20.8 Å². The third-order valence-corrected chi connectivity index (χ3v) is 4.30. The van der Waals surface area contributed by atoms with Gasteiger partial charge in [0.2, 0.25) is 12.7 Å². The minimum atomic E-state index is -2.94. The number of ether oxygens (including phenoxy) is 3. The Bertz CT molecular complexity index is 879. The van der Waals surface area contributed by atoms with E-state index >= 15 is 0 Å². The summed E-state index contributed by atoms with van der Waals surface area (Å²) in [5.74, 6) is 2.91.